The molecule has 24 heavy (non-hydrogen) atoms. The van der Waals surface area contributed by atoms with Gasteiger partial charge in [0.25, 0.3) is 0 Å². The minimum atomic E-state index is -0.365. The van der Waals surface area contributed by atoms with E-state index in [1.165, 1.54) is 6.20 Å². The number of nitrogens with zero attached hydrogens (tertiary/aromatic N) is 4. The average Bonchev–Trinajstić information content (AvgIpc) is 3.16. The SMILES string of the molecule is CCOC(=O)c1ccc(NCc2ccc(-n3ccnc3)nc2)nc1. The van der Waals surface area contributed by atoms with Crippen LogP contribution in [0.4, 0.5) is 5.82 Å². The summed E-state index contributed by atoms with van der Waals surface area (Å²) in [4.78, 5) is 24.2. The van der Waals surface area contributed by atoms with Gasteiger partial charge in [-0.05, 0) is 30.7 Å². The van der Waals surface area contributed by atoms with Crippen LogP contribution in [-0.2, 0) is 11.3 Å². The first-order chi connectivity index (χ1) is 11.8. The third-order valence-electron chi connectivity index (χ3n) is 3.33. The number of pyridine rings is 2. The van der Waals surface area contributed by atoms with Crippen molar-refractivity contribution in [1.82, 2.24) is 19.5 Å². The van der Waals surface area contributed by atoms with Crippen LogP contribution in [0, 0.1) is 0 Å². The molecule has 3 heterocycles. The number of esters is 1. The Hall–Kier alpha value is -3.22. The zero-order valence-corrected chi connectivity index (χ0v) is 13.2. The summed E-state index contributed by atoms with van der Waals surface area (Å²) in [7, 11) is 0. The molecule has 0 aliphatic rings. The topological polar surface area (TPSA) is 81.9 Å². The lowest BCUT2D eigenvalue weighted by atomic mass is 10.2. The smallest absolute Gasteiger partial charge is 0.339 e. The molecule has 0 saturated heterocycles. The molecule has 122 valence electrons. The number of carbonyl (C=O) groups is 1. The zero-order valence-electron chi connectivity index (χ0n) is 13.2. The number of rotatable bonds is 6. The third-order valence-corrected chi connectivity index (χ3v) is 3.33. The third kappa shape index (κ3) is 3.75. The number of hydrogen-bond acceptors (Lipinski definition) is 6. The number of imidazole rings is 1. The molecule has 3 aromatic rings. The van der Waals surface area contributed by atoms with Gasteiger partial charge in [0.2, 0.25) is 0 Å². The quantitative estimate of drug-likeness (QED) is 0.702. The number of ether oxygens (including phenoxy) is 1. The molecule has 7 nitrogen and oxygen atoms in total. The molecule has 0 aliphatic heterocycles. The normalized spacial score (nSPS) is 10.4. The highest BCUT2D eigenvalue weighted by Crippen LogP contribution is 2.10. The number of aromatic nitrogens is 4. The summed E-state index contributed by atoms with van der Waals surface area (Å²) in [6, 6.07) is 7.35. The van der Waals surface area contributed by atoms with Gasteiger partial charge in [-0.1, -0.05) is 6.07 Å². The molecule has 0 atom stereocenters. The van der Waals surface area contributed by atoms with E-state index in [9.17, 15) is 4.79 Å². The average molecular weight is 323 g/mol. The largest absolute Gasteiger partial charge is 0.462 e. The van der Waals surface area contributed by atoms with E-state index >= 15 is 0 Å². The van der Waals surface area contributed by atoms with E-state index in [4.69, 9.17) is 4.74 Å². The van der Waals surface area contributed by atoms with Gasteiger partial charge < -0.3 is 10.1 Å². The molecule has 0 aliphatic carbocycles. The van der Waals surface area contributed by atoms with E-state index in [0.717, 1.165) is 11.4 Å². The van der Waals surface area contributed by atoms with E-state index in [1.54, 1.807) is 37.8 Å². The van der Waals surface area contributed by atoms with Crippen LogP contribution in [0.15, 0.2) is 55.4 Å². The maximum Gasteiger partial charge on any atom is 0.339 e. The summed E-state index contributed by atoms with van der Waals surface area (Å²) < 4.78 is 6.77. The Morgan fingerprint density at radius 2 is 2.12 bits per heavy atom. The molecule has 1 N–H and O–H groups in total. The Labute approximate surface area is 139 Å². The molecular weight excluding hydrogens is 306 g/mol. The first-order valence-electron chi connectivity index (χ1n) is 7.56. The van der Waals surface area contributed by atoms with Crippen molar-refractivity contribution >= 4 is 11.8 Å². The maximum atomic E-state index is 11.6. The number of hydrogen-bond donors (Lipinski definition) is 1. The first kappa shape index (κ1) is 15.7. The van der Waals surface area contributed by atoms with Crippen molar-refractivity contribution in [1.29, 1.82) is 0 Å². The van der Waals surface area contributed by atoms with Crippen molar-refractivity contribution in [2.45, 2.75) is 13.5 Å². The van der Waals surface area contributed by atoms with Gasteiger partial charge in [-0.3, -0.25) is 4.57 Å². The van der Waals surface area contributed by atoms with Crippen LogP contribution in [0.5, 0.6) is 0 Å². The summed E-state index contributed by atoms with van der Waals surface area (Å²) in [5, 5.41) is 3.19. The first-order valence-corrected chi connectivity index (χ1v) is 7.56. The lowest BCUT2D eigenvalue weighted by Crippen LogP contribution is -2.07. The van der Waals surface area contributed by atoms with Crippen LogP contribution >= 0.6 is 0 Å². The fourth-order valence-electron chi connectivity index (χ4n) is 2.09. The molecular formula is C17H17N5O2. The maximum absolute atomic E-state index is 11.6. The second-order valence-corrected chi connectivity index (χ2v) is 5.00. The van der Waals surface area contributed by atoms with Crippen molar-refractivity contribution in [2.24, 2.45) is 0 Å². The number of nitrogens with one attached hydrogen (secondary N) is 1. The Morgan fingerprint density at radius 3 is 2.75 bits per heavy atom. The van der Waals surface area contributed by atoms with Gasteiger partial charge in [-0.25, -0.2) is 19.7 Å². The van der Waals surface area contributed by atoms with Gasteiger partial charge in [0, 0.05) is 31.3 Å². The van der Waals surface area contributed by atoms with Crippen LogP contribution in [0.25, 0.3) is 5.82 Å². The van der Waals surface area contributed by atoms with Gasteiger partial charge in [-0.15, -0.1) is 0 Å². The van der Waals surface area contributed by atoms with Crippen molar-refractivity contribution in [3.05, 3.63) is 66.5 Å². The highest BCUT2D eigenvalue weighted by molar-refractivity contribution is 5.89. The Bertz CT molecular complexity index is 783. The van der Waals surface area contributed by atoms with Gasteiger partial charge in [0.05, 0.1) is 12.2 Å². The summed E-state index contributed by atoms with van der Waals surface area (Å²) in [5.74, 6) is 1.13. The molecule has 0 fully saturated rings. The molecule has 3 aromatic heterocycles. The summed E-state index contributed by atoms with van der Waals surface area (Å²) in [6.07, 6.45) is 8.56. The molecule has 0 unspecified atom stereocenters. The van der Waals surface area contributed by atoms with Gasteiger partial charge >= 0.3 is 5.97 Å². The van der Waals surface area contributed by atoms with Crippen molar-refractivity contribution in [3.63, 3.8) is 0 Å². The van der Waals surface area contributed by atoms with Gasteiger partial charge in [-0.2, -0.15) is 0 Å². The highest BCUT2D eigenvalue weighted by atomic mass is 16.5. The standard InChI is InChI=1S/C17H17N5O2/c1-2-24-17(23)14-4-5-15(20-11-14)19-9-13-3-6-16(21-10-13)22-8-7-18-12-22/h3-8,10-12H,2,9H2,1H3,(H,19,20). The molecule has 0 bridgehead atoms. The Balaban J connectivity index is 1.58. The van der Waals surface area contributed by atoms with Crippen LogP contribution in [0.2, 0.25) is 0 Å². The number of anilines is 1. The zero-order chi connectivity index (χ0) is 16.8. The molecule has 0 spiro atoms. The summed E-state index contributed by atoms with van der Waals surface area (Å²) in [5.41, 5.74) is 1.46. The number of carbonyl (C=O) groups excluding carboxylic acids is 1. The van der Waals surface area contributed by atoms with Gasteiger partial charge in [0.15, 0.2) is 0 Å². The fraction of sp³-hybridized carbons (Fsp3) is 0.176. The van der Waals surface area contributed by atoms with Crippen LogP contribution in [-0.4, -0.2) is 32.1 Å². The van der Waals surface area contributed by atoms with Gasteiger partial charge in [0.1, 0.15) is 18.0 Å². The minimum Gasteiger partial charge on any atom is -0.462 e. The van der Waals surface area contributed by atoms with Crippen molar-refractivity contribution in [3.8, 4) is 5.82 Å². The van der Waals surface area contributed by atoms with Crippen molar-refractivity contribution < 1.29 is 9.53 Å². The van der Waals surface area contributed by atoms with Crippen LogP contribution in [0.1, 0.15) is 22.8 Å². The fourth-order valence-corrected chi connectivity index (χ4v) is 2.09. The molecule has 0 aromatic carbocycles. The van der Waals surface area contributed by atoms with E-state index < -0.39 is 0 Å². The minimum absolute atomic E-state index is 0.348. The predicted molar refractivity (Wildman–Crippen MR) is 88.9 cm³/mol. The molecule has 0 radical (unpaired) electrons. The molecule has 0 saturated carbocycles. The molecule has 0 amide bonds. The Kier molecular flexibility index (Phi) is 4.81. The van der Waals surface area contributed by atoms with Crippen molar-refractivity contribution in [2.75, 3.05) is 11.9 Å². The van der Waals surface area contributed by atoms with E-state index in [1.807, 2.05) is 22.9 Å². The van der Waals surface area contributed by atoms with Crippen LogP contribution in [0.3, 0.4) is 0 Å². The predicted octanol–water partition coefficient (Wildman–Crippen LogP) is 2.45. The summed E-state index contributed by atoms with van der Waals surface area (Å²) >= 11 is 0. The lowest BCUT2D eigenvalue weighted by molar-refractivity contribution is 0.0526. The van der Waals surface area contributed by atoms with E-state index in [2.05, 4.69) is 20.3 Å². The monoisotopic (exact) mass is 323 g/mol. The summed E-state index contributed by atoms with van der Waals surface area (Å²) in [6.45, 7) is 2.71. The molecule has 3 rings (SSSR count). The Morgan fingerprint density at radius 1 is 1.21 bits per heavy atom. The molecule has 7 heteroatoms. The lowest BCUT2D eigenvalue weighted by Gasteiger charge is -2.07. The second-order valence-electron chi connectivity index (χ2n) is 5.00. The highest BCUT2D eigenvalue weighted by Gasteiger charge is 2.06. The van der Waals surface area contributed by atoms with E-state index in [0.29, 0.717) is 24.5 Å². The second kappa shape index (κ2) is 7.36. The van der Waals surface area contributed by atoms with E-state index in [-0.39, 0.29) is 5.97 Å². The van der Waals surface area contributed by atoms with Crippen LogP contribution < -0.4 is 5.32 Å².